The van der Waals surface area contributed by atoms with Crippen molar-refractivity contribution >= 4 is 24.9 Å². The van der Waals surface area contributed by atoms with E-state index in [1.54, 1.807) is 0 Å². The van der Waals surface area contributed by atoms with Crippen molar-refractivity contribution in [1.82, 2.24) is 0 Å². The number of rotatable bonds is 5. The maximum atomic E-state index is 4.91. The summed E-state index contributed by atoms with van der Waals surface area (Å²) < 4.78 is 9.83. The Balaban J connectivity index is 0. The predicted octanol–water partition coefficient (Wildman–Crippen LogP) is 1.64. The van der Waals surface area contributed by atoms with E-state index in [4.69, 9.17) is 7.64 Å². The van der Waals surface area contributed by atoms with E-state index in [2.05, 4.69) is 15.8 Å². The first-order chi connectivity index (χ1) is 5.33. The Morgan fingerprint density at radius 1 is 1.36 bits per heavy atom. The number of hydrogen-bond donors (Lipinski definition) is 0. The fourth-order valence-electron chi connectivity index (χ4n) is 0.130. The summed E-state index contributed by atoms with van der Waals surface area (Å²) >= 11 is -0.0243. The third-order valence-electron chi connectivity index (χ3n) is 0.499. The summed E-state index contributed by atoms with van der Waals surface area (Å²) in [6.45, 7) is 8.90. The summed E-state index contributed by atoms with van der Waals surface area (Å²) in [7, 11) is 2.54. The summed E-state index contributed by atoms with van der Waals surface area (Å²) in [4.78, 5) is 0. The van der Waals surface area contributed by atoms with Crippen molar-refractivity contribution in [2.45, 2.75) is 13.8 Å². The first-order valence-electron chi connectivity index (χ1n) is 3.55. The molecule has 0 aliphatic rings. The van der Waals surface area contributed by atoms with Gasteiger partial charge in [-0.1, -0.05) is 6.08 Å². The Kier molecular flexibility index (Phi) is 21.8. The van der Waals surface area contributed by atoms with Crippen molar-refractivity contribution in [2.75, 3.05) is 19.4 Å². The van der Waals surface area contributed by atoms with Gasteiger partial charge in [-0.2, -0.15) is 0 Å². The SMILES string of the molecule is C=CCP.CCO[Se]OCC. The van der Waals surface area contributed by atoms with Gasteiger partial charge in [0, 0.05) is 0 Å². The molecule has 0 amide bonds. The predicted molar refractivity (Wildman–Crippen MR) is 53.8 cm³/mol. The molecule has 1 unspecified atom stereocenters. The van der Waals surface area contributed by atoms with Gasteiger partial charge in [0.1, 0.15) is 0 Å². The average Bonchev–Trinajstić information content (AvgIpc) is 2.06. The van der Waals surface area contributed by atoms with Crippen molar-refractivity contribution in [3.63, 3.8) is 0 Å². The van der Waals surface area contributed by atoms with E-state index in [1.807, 2.05) is 19.9 Å². The van der Waals surface area contributed by atoms with Crippen molar-refractivity contribution in [3.05, 3.63) is 12.7 Å². The van der Waals surface area contributed by atoms with E-state index < -0.39 is 0 Å². The molecule has 68 valence electrons. The Morgan fingerprint density at radius 3 is 1.91 bits per heavy atom. The monoisotopic (exact) mass is 244 g/mol. The van der Waals surface area contributed by atoms with Gasteiger partial charge in [-0.05, 0) is 6.16 Å². The second-order valence-electron chi connectivity index (χ2n) is 1.41. The van der Waals surface area contributed by atoms with Crippen LogP contribution in [-0.4, -0.2) is 35.0 Å². The first kappa shape index (κ1) is 14.2. The summed E-state index contributed by atoms with van der Waals surface area (Å²) in [5, 5.41) is 0. The Bertz CT molecular complexity index is 67.5. The van der Waals surface area contributed by atoms with Gasteiger partial charge >= 0.3 is 50.3 Å². The van der Waals surface area contributed by atoms with Gasteiger partial charge in [0.25, 0.3) is 0 Å². The summed E-state index contributed by atoms with van der Waals surface area (Å²) in [5.41, 5.74) is 0. The molecule has 0 rings (SSSR count). The minimum absolute atomic E-state index is 0.0243. The Labute approximate surface area is 78.7 Å². The fraction of sp³-hybridized carbons (Fsp3) is 0.714. The van der Waals surface area contributed by atoms with Crippen LogP contribution in [0.1, 0.15) is 13.8 Å². The molecular formula is C7H17O2PSe. The molecule has 1 atom stereocenters. The molecular weight excluding hydrogens is 226 g/mol. The standard InChI is InChI=1S/C4H10O2Se.C3H7P/c1-3-5-7-6-4-2;1-2-3-4/h3-4H2,1-2H3;2H,1,3-4H2. The van der Waals surface area contributed by atoms with E-state index in [1.165, 1.54) is 0 Å². The molecule has 0 aromatic rings. The van der Waals surface area contributed by atoms with Gasteiger partial charge in [-0.3, -0.25) is 0 Å². The minimum atomic E-state index is -0.0243. The zero-order chi connectivity index (χ0) is 8.95. The van der Waals surface area contributed by atoms with Gasteiger partial charge in [0.05, 0.1) is 0 Å². The zero-order valence-electron chi connectivity index (χ0n) is 7.21. The molecule has 0 fully saturated rings. The second-order valence-corrected chi connectivity index (χ2v) is 3.15. The number of hydrogen-bond acceptors (Lipinski definition) is 2. The molecule has 0 aliphatic carbocycles. The van der Waals surface area contributed by atoms with Gasteiger partial charge in [-0.25, -0.2) is 0 Å². The Hall–Kier alpha value is 0.609. The normalized spacial score (nSPS) is 8.27. The molecule has 0 aromatic carbocycles. The second kappa shape index (κ2) is 16.9. The molecule has 0 aromatic heterocycles. The van der Waals surface area contributed by atoms with Crippen LogP contribution >= 0.6 is 9.24 Å². The molecule has 0 N–H and O–H groups in total. The summed E-state index contributed by atoms with van der Waals surface area (Å²) in [5.74, 6) is 0. The molecule has 0 heterocycles. The van der Waals surface area contributed by atoms with Gasteiger partial charge in [-0.15, -0.1) is 15.8 Å². The van der Waals surface area contributed by atoms with E-state index in [0.29, 0.717) is 0 Å². The third-order valence-corrected chi connectivity index (χ3v) is 2.22. The van der Waals surface area contributed by atoms with E-state index in [9.17, 15) is 0 Å². The third kappa shape index (κ3) is 25.0. The van der Waals surface area contributed by atoms with Gasteiger partial charge in [0.2, 0.25) is 0 Å². The first-order valence-corrected chi connectivity index (χ1v) is 5.76. The van der Waals surface area contributed by atoms with Crippen LogP contribution in [0.4, 0.5) is 0 Å². The van der Waals surface area contributed by atoms with E-state index >= 15 is 0 Å². The molecule has 0 bridgehead atoms. The van der Waals surface area contributed by atoms with Crippen molar-refractivity contribution in [1.29, 1.82) is 0 Å². The van der Waals surface area contributed by atoms with Crippen LogP contribution in [0.15, 0.2) is 12.7 Å². The molecule has 0 spiro atoms. The zero-order valence-corrected chi connectivity index (χ0v) is 10.1. The topological polar surface area (TPSA) is 18.5 Å². The maximum absolute atomic E-state index is 4.91. The average molecular weight is 243 g/mol. The molecule has 2 nitrogen and oxygen atoms in total. The van der Waals surface area contributed by atoms with Crippen LogP contribution in [0.25, 0.3) is 0 Å². The summed E-state index contributed by atoms with van der Waals surface area (Å²) in [6, 6.07) is 0. The number of allylic oxidation sites excluding steroid dienone is 1. The Morgan fingerprint density at radius 2 is 1.73 bits per heavy atom. The van der Waals surface area contributed by atoms with Crippen molar-refractivity contribution < 1.29 is 7.64 Å². The van der Waals surface area contributed by atoms with Crippen LogP contribution in [0.2, 0.25) is 0 Å². The summed E-state index contributed by atoms with van der Waals surface area (Å²) in [6.07, 6.45) is 2.84. The molecule has 0 radical (unpaired) electrons. The van der Waals surface area contributed by atoms with Crippen LogP contribution in [-0.2, 0) is 7.64 Å². The van der Waals surface area contributed by atoms with Crippen LogP contribution in [0, 0.1) is 0 Å². The molecule has 4 heteroatoms. The fourth-order valence-corrected chi connectivity index (χ4v) is 0.677. The van der Waals surface area contributed by atoms with Crippen LogP contribution in [0.3, 0.4) is 0 Å². The van der Waals surface area contributed by atoms with Crippen LogP contribution in [0.5, 0.6) is 0 Å². The quantitative estimate of drug-likeness (QED) is 0.316. The molecule has 0 saturated carbocycles. The van der Waals surface area contributed by atoms with Gasteiger partial charge in [0.15, 0.2) is 0 Å². The molecule has 0 aliphatic heterocycles. The van der Waals surface area contributed by atoms with Crippen molar-refractivity contribution in [2.24, 2.45) is 0 Å². The van der Waals surface area contributed by atoms with E-state index in [0.717, 1.165) is 19.4 Å². The van der Waals surface area contributed by atoms with Crippen LogP contribution < -0.4 is 0 Å². The van der Waals surface area contributed by atoms with E-state index in [-0.39, 0.29) is 15.6 Å². The van der Waals surface area contributed by atoms with Gasteiger partial charge < -0.3 is 0 Å². The molecule has 11 heavy (non-hydrogen) atoms. The van der Waals surface area contributed by atoms with Crippen molar-refractivity contribution in [3.8, 4) is 0 Å². The molecule has 0 saturated heterocycles.